The molecule has 22 heavy (non-hydrogen) atoms. The molecule has 1 aromatic heterocycles. The van der Waals surface area contributed by atoms with E-state index < -0.39 is 5.69 Å². The first-order valence-electron chi connectivity index (χ1n) is 6.32. The van der Waals surface area contributed by atoms with Gasteiger partial charge in [-0.15, -0.1) is 0 Å². The molecular formula is C15H9Br2ClN2O2. The van der Waals surface area contributed by atoms with Crippen LogP contribution in [-0.4, -0.2) is 9.55 Å². The van der Waals surface area contributed by atoms with Crippen LogP contribution in [0.4, 0.5) is 0 Å². The number of H-pyrrole nitrogens is 1. The Kier molecular flexibility index (Phi) is 4.25. The van der Waals surface area contributed by atoms with Crippen LogP contribution in [0.3, 0.4) is 0 Å². The molecule has 7 heteroatoms. The van der Waals surface area contributed by atoms with Crippen molar-refractivity contribution in [2.45, 2.75) is 6.54 Å². The third kappa shape index (κ3) is 2.78. The van der Waals surface area contributed by atoms with Crippen LogP contribution in [0, 0.1) is 0 Å². The summed E-state index contributed by atoms with van der Waals surface area (Å²) in [6, 6.07) is 10.6. The Morgan fingerprint density at radius 1 is 1.14 bits per heavy atom. The average Bonchev–Trinajstić information content (AvgIpc) is 2.44. The summed E-state index contributed by atoms with van der Waals surface area (Å²) in [4.78, 5) is 27.6. The molecule has 0 aliphatic carbocycles. The van der Waals surface area contributed by atoms with E-state index in [1.54, 1.807) is 30.3 Å². The zero-order chi connectivity index (χ0) is 15.9. The summed E-state index contributed by atoms with van der Waals surface area (Å²) >= 11 is 12.8. The summed E-state index contributed by atoms with van der Waals surface area (Å²) in [7, 11) is 0. The van der Waals surface area contributed by atoms with Crippen LogP contribution < -0.4 is 11.2 Å². The molecule has 3 rings (SSSR count). The van der Waals surface area contributed by atoms with Crippen molar-refractivity contribution in [1.82, 2.24) is 9.55 Å². The molecule has 0 aliphatic rings. The zero-order valence-electron chi connectivity index (χ0n) is 11.1. The Bertz CT molecular complexity index is 995. The zero-order valence-corrected chi connectivity index (χ0v) is 15.0. The Morgan fingerprint density at radius 3 is 2.59 bits per heavy atom. The smallest absolute Gasteiger partial charge is 0.307 e. The molecular weight excluding hydrogens is 435 g/mol. The van der Waals surface area contributed by atoms with Crippen LogP contribution in [0.2, 0.25) is 5.02 Å². The van der Waals surface area contributed by atoms with Gasteiger partial charge < -0.3 is 4.98 Å². The van der Waals surface area contributed by atoms with E-state index in [2.05, 4.69) is 36.8 Å². The molecule has 3 aromatic rings. The van der Waals surface area contributed by atoms with Crippen molar-refractivity contribution in [3.05, 3.63) is 76.8 Å². The standard InChI is InChI=1S/C15H9Br2ClN2O2/c16-9-5-10(17)13-12(6-9)19-15(22)20(14(13)21)7-8-3-1-2-4-11(8)18/h1-6H,7H2,(H,19,22). The van der Waals surface area contributed by atoms with Gasteiger partial charge in [-0.05, 0) is 39.7 Å². The lowest BCUT2D eigenvalue weighted by atomic mass is 10.2. The minimum Gasteiger partial charge on any atom is -0.307 e. The maximum Gasteiger partial charge on any atom is 0.329 e. The Morgan fingerprint density at radius 2 is 1.86 bits per heavy atom. The van der Waals surface area contributed by atoms with E-state index in [-0.39, 0.29) is 12.1 Å². The largest absolute Gasteiger partial charge is 0.329 e. The summed E-state index contributed by atoms with van der Waals surface area (Å²) < 4.78 is 2.53. The van der Waals surface area contributed by atoms with Gasteiger partial charge in [0.05, 0.1) is 17.4 Å². The van der Waals surface area contributed by atoms with Gasteiger partial charge in [0.25, 0.3) is 5.56 Å². The molecule has 0 fully saturated rings. The van der Waals surface area contributed by atoms with E-state index >= 15 is 0 Å². The second kappa shape index (κ2) is 6.02. The van der Waals surface area contributed by atoms with Crippen molar-refractivity contribution >= 4 is 54.4 Å². The van der Waals surface area contributed by atoms with Gasteiger partial charge in [-0.1, -0.05) is 45.7 Å². The van der Waals surface area contributed by atoms with Gasteiger partial charge in [0.15, 0.2) is 0 Å². The molecule has 0 spiro atoms. The van der Waals surface area contributed by atoms with E-state index in [0.717, 1.165) is 9.04 Å². The van der Waals surface area contributed by atoms with Gasteiger partial charge in [-0.3, -0.25) is 9.36 Å². The lowest BCUT2D eigenvalue weighted by Crippen LogP contribution is -2.35. The fourth-order valence-corrected chi connectivity index (χ4v) is 3.83. The number of hydrogen-bond acceptors (Lipinski definition) is 2. The van der Waals surface area contributed by atoms with Crippen molar-refractivity contribution < 1.29 is 0 Å². The number of halogens is 3. The van der Waals surface area contributed by atoms with Crippen LogP contribution in [0.25, 0.3) is 10.9 Å². The van der Waals surface area contributed by atoms with E-state index in [1.807, 2.05) is 6.07 Å². The number of fused-ring (bicyclic) bond motifs is 1. The van der Waals surface area contributed by atoms with E-state index in [4.69, 9.17) is 11.6 Å². The predicted molar refractivity (Wildman–Crippen MR) is 94.8 cm³/mol. The van der Waals surface area contributed by atoms with Crippen molar-refractivity contribution in [3.63, 3.8) is 0 Å². The van der Waals surface area contributed by atoms with Gasteiger partial charge in [-0.25, -0.2) is 4.79 Å². The monoisotopic (exact) mass is 442 g/mol. The van der Waals surface area contributed by atoms with Gasteiger partial charge in [-0.2, -0.15) is 0 Å². The second-order valence-corrected chi connectivity index (χ2v) is 6.90. The highest BCUT2D eigenvalue weighted by Gasteiger charge is 2.12. The predicted octanol–water partition coefficient (Wildman–Crippen LogP) is 3.92. The van der Waals surface area contributed by atoms with Crippen molar-refractivity contribution in [3.8, 4) is 0 Å². The lowest BCUT2D eigenvalue weighted by molar-refractivity contribution is 0.711. The SMILES string of the molecule is O=c1[nH]c2cc(Br)cc(Br)c2c(=O)n1Cc1ccccc1Cl. The molecule has 1 N–H and O–H groups in total. The number of nitrogens with zero attached hydrogens (tertiary/aromatic N) is 1. The summed E-state index contributed by atoms with van der Waals surface area (Å²) in [5, 5.41) is 0.943. The molecule has 0 aliphatic heterocycles. The quantitative estimate of drug-likeness (QED) is 0.652. The number of aromatic amines is 1. The van der Waals surface area contributed by atoms with E-state index in [9.17, 15) is 9.59 Å². The fourth-order valence-electron chi connectivity index (χ4n) is 2.24. The molecule has 0 saturated heterocycles. The molecule has 2 aromatic carbocycles. The highest BCUT2D eigenvalue weighted by atomic mass is 79.9. The molecule has 4 nitrogen and oxygen atoms in total. The maximum atomic E-state index is 12.7. The van der Waals surface area contributed by atoms with Crippen LogP contribution in [0.1, 0.15) is 5.56 Å². The number of rotatable bonds is 2. The minimum atomic E-state index is -0.470. The number of benzene rings is 2. The van der Waals surface area contributed by atoms with E-state index in [1.165, 1.54) is 0 Å². The first-order valence-corrected chi connectivity index (χ1v) is 8.29. The third-order valence-electron chi connectivity index (χ3n) is 3.29. The first kappa shape index (κ1) is 15.5. The van der Waals surface area contributed by atoms with Crippen LogP contribution in [-0.2, 0) is 6.54 Å². The lowest BCUT2D eigenvalue weighted by Gasteiger charge is -2.09. The molecule has 0 radical (unpaired) electrons. The van der Waals surface area contributed by atoms with Gasteiger partial charge in [0, 0.05) is 14.0 Å². The summed E-state index contributed by atoms with van der Waals surface area (Å²) in [6.45, 7) is 0.117. The van der Waals surface area contributed by atoms with Crippen LogP contribution >= 0.6 is 43.5 Å². The number of aromatic nitrogens is 2. The average molecular weight is 445 g/mol. The van der Waals surface area contributed by atoms with Gasteiger partial charge in [0.2, 0.25) is 0 Å². The van der Waals surface area contributed by atoms with Gasteiger partial charge >= 0.3 is 5.69 Å². The van der Waals surface area contributed by atoms with Crippen LogP contribution in [0.15, 0.2) is 54.9 Å². The molecule has 0 unspecified atom stereocenters. The Labute approximate surface area is 147 Å². The molecule has 0 saturated carbocycles. The summed E-state index contributed by atoms with van der Waals surface area (Å²) in [6.07, 6.45) is 0. The highest BCUT2D eigenvalue weighted by molar-refractivity contribution is 9.11. The fraction of sp³-hybridized carbons (Fsp3) is 0.0667. The number of hydrogen-bond donors (Lipinski definition) is 1. The normalized spacial score (nSPS) is 11.0. The number of nitrogens with one attached hydrogen (secondary N) is 1. The maximum absolute atomic E-state index is 12.7. The third-order valence-corrected chi connectivity index (χ3v) is 4.74. The summed E-state index contributed by atoms with van der Waals surface area (Å²) in [5.41, 5.74) is 0.358. The van der Waals surface area contributed by atoms with Crippen molar-refractivity contribution in [2.75, 3.05) is 0 Å². The van der Waals surface area contributed by atoms with Crippen LogP contribution in [0.5, 0.6) is 0 Å². The second-order valence-electron chi connectivity index (χ2n) is 4.72. The summed E-state index contributed by atoms with van der Waals surface area (Å²) in [5.74, 6) is 0. The Balaban J connectivity index is 2.26. The Hall–Kier alpha value is -1.37. The molecule has 0 bridgehead atoms. The molecule has 1 heterocycles. The minimum absolute atomic E-state index is 0.117. The first-order chi connectivity index (χ1) is 10.5. The van der Waals surface area contributed by atoms with E-state index in [0.29, 0.717) is 26.0 Å². The van der Waals surface area contributed by atoms with Gasteiger partial charge in [0.1, 0.15) is 0 Å². The highest BCUT2D eigenvalue weighted by Crippen LogP contribution is 2.24. The topological polar surface area (TPSA) is 54.9 Å². The molecule has 112 valence electrons. The molecule has 0 atom stereocenters. The van der Waals surface area contributed by atoms with Crippen molar-refractivity contribution in [1.29, 1.82) is 0 Å². The van der Waals surface area contributed by atoms with Crippen molar-refractivity contribution in [2.24, 2.45) is 0 Å². The molecule has 0 amide bonds.